The van der Waals surface area contributed by atoms with Gasteiger partial charge >= 0.3 is 0 Å². The van der Waals surface area contributed by atoms with Gasteiger partial charge in [0.05, 0.1) is 0 Å². The molecule has 2 rings (SSSR count). The standard InChI is InChI=1S/C10H17N5O/c1-16-7-9-13-8(11)6-10(14-9)15-4-2-12-3-5-15/h6,12H,2-5,7H2,1H3,(H2,11,13,14). The first kappa shape index (κ1) is 11.1. The van der Waals surface area contributed by atoms with Gasteiger partial charge < -0.3 is 20.7 Å². The highest BCUT2D eigenvalue weighted by atomic mass is 16.5. The zero-order valence-electron chi connectivity index (χ0n) is 9.44. The van der Waals surface area contributed by atoms with Gasteiger partial charge in [0.2, 0.25) is 0 Å². The van der Waals surface area contributed by atoms with Crippen molar-refractivity contribution in [2.45, 2.75) is 6.61 Å². The second-order valence-electron chi connectivity index (χ2n) is 3.74. The summed E-state index contributed by atoms with van der Waals surface area (Å²) in [6.07, 6.45) is 0. The Morgan fingerprint density at radius 3 is 2.88 bits per heavy atom. The Kier molecular flexibility index (Phi) is 3.53. The molecule has 0 spiro atoms. The lowest BCUT2D eigenvalue weighted by atomic mass is 10.3. The number of piperazine rings is 1. The fourth-order valence-electron chi connectivity index (χ4n) is 1.75. The monoisotopic (exact) mass is 223 g/mol. The Morgan fingerprint density at radius 1 is 1.44 bits per heavy atom. The molecule has 16 heavy (non-hydrogen) atoms. The van der Waals surface area contributed by atoms with Gasteiger partial charge in [-0.15, -0.1) is 0 Å². The minimum absolute atomic E-state index is 0.393. The molecule has 0 aromatic carbocycles. The summed E-state index contributed by atoms with van der Waals surface area (Å²) in [6, 6.07) is 1.81. The van der Waals surface area contributed by atoms with Crippen LogP contribution in [0.25, 0.3) is 0 Å². The molecule has 0 atom stereocenters. The van der Waals surface area contributed by atoms with Crippen LogP contribution < -0.4 is 16.0 Å². The van der Waals surface area contributed by atoms with E-state index in [0.29, 0.717) is 18.2 Å². The van der Waals surface area contributed by atoms with Crippen LogP contribution in [-0.2, 0) is 11.3 Å². The number of nitrogens with two attached hydrogens (primary N) is 1. The minimum atomic E-state index is 0.393. The van der Waals surface area contributed by atoms with E-state index in [0.717, 1.165) is 32.0 Å². The molecule has 0 saturated carbocycles. The number of hydrogen-bond acceptors (Lipinski definition) is 6. The number of ether oxygens (including phenoxy) is 1. The van der Waals surface area contributed by atoms with Crippen LogP contribution >= 0.6 is 0 Å². The van der Waals surface area contributed by atoms with E-state index in [2.05, 4.69) is 20.2 Å². The molecule has 88 valence electrons. The van der Waals surface area contributed by atoms with Crippen LogP contribution in [0, 0.1) is 0 Å². The molecule has 0 aliphatic carbocycles. The van der Waals surface area contributed by atoms with Crippen LogP contribution in [0.4, 0.5) is 11.6 Å². The lowest BCUT2D eigenvalue weighted by Crippen LogP contribution is -2.44. The van der Waals surface area contributed by atoms with E-state index >= 15 is 0 Å². The minimum Gasteiger partial charge on any atom is -0.384 e. The van der Waals surface area contributed by atoms with Crippen molar-refractivity contribution in [1.29, 1.82) is 0 Å². The van der Waals surface area contributed by atoms with Gasteiger partial charge in [0.15, 0.2) is 5.82 Å². The van der Waals surface area contributed by atoms with E-state index in [1.54, 1.807) is 7.11 Å². The van der Waals surface area contributed by atoms with E-state index in [4.69, 9.17) is 10.5 Å². The molecule has 0 amide bonds. The van der Waals surface area contributed by atoms with Crippen molar-refractivity contribution in [3.05, 3.63) is 11.9 Å². The second-order valence-corrected chi connectivity index (χ2v) is 3.74. The molecule has 1 saturated heterocycles. The van der Waals surface area contributed by atoms with E-state index in [1.165, 1.54) is 0 Å². The van der Waals surface area contributed by atoms with Crippen LogP contribution in [0.1, 0.15) is 5.82 Å². The first-order valence-corrected chi connectivity index (χ1v) is 5.37. The average Bonchev–Trinajstić information content (AvgIpc) is 2.30. The molecule has 6 nitrogen and oxygen atoms in total. The number of anilines is 2. The number of nitrogen functional groups attached to an aromatic ring is 1. The van der Waals surface area contributed by atoms with Crippen molar-refractivity contribution in [3.8, 4) is 0 Å². The van der Waals surface area contributed by atoms with Gasteiger partial charge in [0.25, 0.3) is 0 Å². The lowest BCUT2D eigenvalue weighted by molar-refractivity contribution is 0.178. The molecule has 6 heteroatoms. The third kappa shape index (κ3) is 2.59. The normalized spacial score (nSPS) is 16.4. The second kappa shape index (κ2) is 5.09. The fraction of sp³-hybridized carbons (Fsp3) is 0.600. The maximum atomic E-state index is 5.75. The molecule has 1 aromatic rings. The molecule has 0 bridgehead atoms. The van der Waals surface area contributed by atoms with Crippen molar-refractivity contribution < 1.29 is 4.74 Å². The summed E-state index contributed by atoms with van der Waals surface area (Å²) in [5.74, 6) is 2.02. The van der Waals surface area contributed by atoms with Gasteiger partial charge in [0.1, 0.15) is 18.2 Å². The van der Waals surface area contributed by atoms with E-state index in [9.17, 15) is 0 Å². The first-order chi connectivity index (χ1) is 7.79. The third-order valence-corrected chi connectivity index (χ3v) is 2.49. The Bertz CT molecular complexity index is 351. The molecule has 1 aliphatic heterocycles. The number of nitrogens with one attached hydrogen (secondary N) is 1. The molecule has 0 unspecified atom stereocenters. The van der Waals surface area contributed by atoms with Crippen molar-refractivity contribution in [1.82, 2.24) is 15.3 Å². The number of nitrogens with zero attached hydrogens (tertiary/aromatic N) is 3. The van der Waals surface area contributed by atoms with Gasteiger partial charge in [-0.3, -0.25) is 0 Å². The van der Waals surface area contributed by atoms with Gasteiger partial charge in [-0.25, -0.2) is 9.97 Å². The van der Waals surface area contributed by atoms with Crippen molar-refractivity contribution in [2.24, 2.45) is 0 Å². The van der Waals surface area contributed by atoms with E-state index in [-0.39, 0.29) is 0 Å². The summed E-state index contributed by atoms with van der Waals surface area (Å²) in [5, 5.41) is 3.30. The van der Waals surface area contributed by atoms with Crippen LogP contribution in [-0.4, -0.2) is 43.3 Å². The predicted molar refractivity (Wildman–Crippen MR) is 62.2 cm³/mol. The highest BCUT2D eigenvalue weighted by molar-refractivity contribution is 5.47. The summed E-state index contributed by atoms with van der Waals surface area (Å²) in [6.45, 7) is 4.24. The largest absolute Gasteiger partial charge is 0.384 e. The third-order valence-electron chi connectivity index (χ3n) is 2.49. The van der Waals surface area contributed by atoms with Crippen LogP contribution in [0.15, 0.2) is 6.07 Å². The Balaban J connectivity index is 2.18. The maximum absolute atomic E-state index is 5.75. The number of aromatic nitrogens is 2. The van der Waals surface area contributed by atoms with Gasteiger partial charge in [-0.2, -0.15) is 0 Å². The quantitative estimate of drug-likeness (QED) is 0.727. The summed E-state index contributed by atoms with van der Waals surface area (Å²) >= 11 is 0. The first-order valence-electron chi connectivity index (χ1n) is 5.37. The van der Waals surface area contributed by atoms with Gasteiger partial charge in [-0.1, -0.05) is 0 Å². The van der Waals surface area contributed by atoms with Gasteiger partial charge in [-0.05, 0) is 0 Å². The topological polar surface area (TPSA) is 76.3 Å². The number of rotatable bonds is 3. The smallest absolute Gasteiger partial charge is 0.158 e. The molecular weight excluding hydrogens is 206 g/mol. The number of methoxy groups -OCH3 is 1. The van der Waals surface area contributed by atoms with Crippen LogP contribution in [0.3, 0.4) is 0 Å². The molecule has 1 aromatic heterocycles. The SMILES string of the molecule is COCc1nc(N)cc(N2CCNCC2)n1. The van der Waals surface area contributed by atoms with Crippen molar-refractivity contribution in [3.63, 3.8) is 0 Å². The zero-order chi connectivity index (χ0) is 11.4. The maximum Gasteiger partial charge on any atom is 0.158 e. The van der Waals surface area contributed by atoms with Crippen molar-refractivity contribution >= 4 is 11.6 Å². The average molecular weight is 223 g/mol. The van der Waals surface area contributed by atoms with Gasteiger partial charge in [0, 0.05) is 39.4 Å². The summed E-state index contributed by atoms with van der Waals surface area (Å²) in [4.78, 5) is 10.7. The Morgan fingerprint density at radius 2 is 2.19 bits per heavy atom. The van der Waals surface area contributed by atoms with E-state index in [1.807, 2.05) is 6.07 Å². The Hall–Kier alpha value is -1.40. The lowest BCUT2D eigenvalue weighted by Gasteiger charge is -2.28. The van der Waals surface area contributed by atoms with Crippen molar-refractivity contribution in [2.75, 3.05) is 43.9 Å². The highest BCUT2D eigenvalue weighted by Crippen LogP contribution is 2.14. The molecule has 0 radical (unpaired) electrons. The number of hydrogen-bond donors (Lipinski definition) is 2. The van der Waals surface area contributed by atoms with Crippen LogP contribution in [0.2, 0.25) is 0 Å². The molecule has 3 N–H and O–H groups in total. The van der Waals surface area contributed by atoms with E-state index < -0.39 is 0 Å². The predicted octanol–water partition coefficient (Wildman–Crippen LogP) is -0.385. The molecule has 2 heterocycles. The molecular formula is C10H17N5O. The summed E-state index contributed by atoms with van der Waals surface area (Å²) in [7, 11) is 1.62. The highest BCUT2D eigenvalue weighted by Gasteiger charge is 2.13. The molecule has 1 fully saturated rings. The Labute approximate surface area is 94.8 Å². The summed E-state index contributed by atoms with van der Waals surface area (Å²) < 4.78 is 5.01. The zero-order valence-corrected chi connectivity index (χ0v) is 9.44. The molecule has 1 aliphatic rings. The fourth-order valence-corrected chi connectivity index (χ4v) is 1.75. The van der Waals surface area contributed by atoms with Crippen LogP contribution in [0.5, 0.6) is 0 Å². The summed E-state index contributed by atoms with van der Waals surface area (Å²) in [5.41, 5.74) is 5.75.